The number of carbonyl (C=O) groups excluding carboxylic acids is 1. The van der Waals surface area contributed by atoms with E-state index in [2.05, 4.69) is 5.32 Å². The Kier molecular flexibility index (Phi) is 5.14. The molecule has 19 heavy (non-hydrogen) atoms. The fraction of sp³-hybridized carbons (Fsp3) is 0.462. The number of rotatable bonds is 4. The Morgan fingerprint density at radius 2 is 2.21 bits per heavy atom. The minimum Gasteiger partial charge on any atom is -0.496 e. The second-order valence-corrected chi connectivity index (χ2v) is 4.72. The maximum absolute atomic E-state index is 13.6. The molecule has 0 saturated heterocycles. The summed E-state index contributed by atoms with van der Waals surface area (Å²) in [6.45, 7) is 0.364. The largest absolute Gasteiger partial charge is 0.496 e. The third kappa shape index (κ3) is 3.36. The number of hydrogen-bond acceptors (Lipinski definition) is 3. The van der Waals surface area contributed by atoms with Crippen LogP contribution in [0.1, 0.15) is 29.6 Å². The van der Waals surface area contributed by atoms with E-state index < -0.39 is 11.7 Å². The second-order valence-electron chi connectivity index (χ2n) is 4.72. The van der Waals surface area contributed by atoms with Gasteiger partial charge in [-0.15, -0.1) is 12.4 Å². The molecule has 4 nitrogen and oxygen atoms in total. The van der Waals surface area contributed by atoms with Crippen molar-refractivity contribution in [1.82, 2.24) is 5.32 Å². The Labute approximate surface area is 117 Å². The van der Waals surface area contributed by atoms with E-state index in [-0.39, 0.29) is 29.3 Å². The summed E-state index contributed by atoms with van der Waals surface area (Å²) >= 11 is 0. The van der Waals surface area contributed by atoms with Crippen molar-refractivity contribution in [1.29, 1.82) is 0 Å². The summed E-state index contributed by atoms with van der Waals surface area (Å²) in [5.74, 6) is -0.847. The van der Waals surface area contributed by atoms with E-state index in [0.29, 0.717) is 6.54 Å². The van der Waals surface area contributed by atoms with Gasteiger partial charge in [-0.3, -0.25) is 4.79 Å². The molecule has 0 aliphatic heterocycles. The molecule has 0 aromatic heterocycles. The van der Waals surface area contributed by atoms with E-state index in [1.807, 2.05) is 0 Å². The molecule has 0 heterocycles. The van der Waals surface area contributed by atoms with Gasteiger partial charge in [0.1, 0.15) is 17.1 Å². The molecule has 106 valence electrons. The van der Waals surface area contributed by atoms with Crippen molar-refractivity contribution in [3.8, 4) is 5.75 Å². The summed E-state index contributed by atoms with van der Waals surface area (Å²) in [5, 5.41) is 2.67. The van der Waals surface area contributed by atoms with Crippen LogP contribution in [-0.4, -0.2) is 25.1 Å². The minimum absolute atomic E-state index is 0. The van der Waals surface area contributed by atoms with E-state index in [1.54, 1.807) is 6.07 Å². The lowest BCUT2D eigenvalue weighted by Gasteiger charge is -2.38. The minimum atomic E-state index is -0.591. The third-order valence-electron chi connectivity index (χ3n) is 3.37. The number of benzene rings is 1. The molecule has 0 unspecified atom stereocenters. The van der Waals surface area contributed by atoms with Gasteiger partial charge >= 0.3 is 0 Å². The zero-order valence-corrected chi connectivity index (χ0v) is 11.6. The van der Waals surface area contributed by atoms with Crippen LogP contribution in [0.3, 0.4) is 0 Å². The van der Waals surface area contributed by atoms with Crippen LogP contribution in [0.2, 0.25) is 0 Å². The fourth-order valence-electron chi connectivity index (χ4n) is 2.05. The highest BCUT2D eigenvalue weighted by Crippen LogP contribution is 2.28. The molecular formula is C13H18ClFN2O2. The van der Waals surface area contributed by atoms with E-state index in [9.17, 15) is 9.18 Å². The van der Waals surface area contributed by atoms with Crippen molar-refractivity contribution in [2.24, 2.45) is 5.73 Å². The third-order valence-corrected chi connectivity index (χ3v) is 3.37. The van der Waals surface area contributed by atoms with Crippen LogP contribution in [0.15, 0.2) is 18.2 Å². The Balaban J connectivity index is 0.00000180. The molecule has 0 atom stereocenters. The lowest BCUT2D eigenvalue weighted by atomic mass is 9.78. The van der Waals surface area contributed by atoms with Crippen LogP contribution in [-0.2, 0) is 0 Å². The Hall–Kier alpha value is -1.33. The van der Waals surface area contributed by atoms with Gasteiger partial charge in [-0.2, -0.15) is 0 Å². The lowest BCUT2D eigenvalue weighted by molar-refractivity contribution is 0.0922. The number of methoxy groups -OCH3 is 1. The highest BCUT2D eigenvalue weighted by atomic mass is 35.5. The maximum Gasteiger partial charge on any atom is 0.258 e. The van der Waals surface area contributed by atoms with Crippen LogP contribution < -0.4 is 15.8 Å². The Morgan fingerprint density at radius 3 is 2.74 bits per heavy atom. The maximum atomic E-state index is 13.6. The number of carbonyl (C=O) groups is 1. The van der Waals surface area contributed by atoms with Gasteiger partial charge in [0.05, 0.1) is 7.11 Å². The van der Waals surface area contributed by atoms with E-state index in [1.165, 1.54) is 19.2 Å². The van der Waals surface area contributed by atoms with Crippen molar-refractivity contribution < 1.29 is 13.9 Å². The van der Waals surface area contributed by atoms with Crippen LogP contribution in [0.5, 0.6) is 5.75 Å². The average molecular weight is 289 g/mol. The predicted molar refractivity (Wildman–Crippen MR) is 73.3 cm³/mol. The number of nitrogens with two attached hydrogens (primary N) is 1. The highest BCUT2D eigenvalue weighted by molar-refractivity contribution is 5.97. The first-order valence-corrected chi connectivity index (χ1v) is 5.95. The molecule has 1 aliphatic carbocycles. The second kappa shape index (κ2) is 6.21. The molecule has 1 aliphatic rings. The van der Waals surface area contributed by atoms with E-state index in [4.69, 9.17) is 10.5 Å². The Morgan fingerprint density at radius 1 is 1.53 bits per heavy atom. The van der Waals surface area contributed by atoms with Crippen molar-refractivity contribution in [3.05, 3.63) is 29.6 Å². The zero-order valence-electron chi connectivity index (χ0n) is 10.7. The first kappa shape index (κ1) is 15.7. The quantitative estimate of drug-likeness (QED) is 0.889. The van der Waals surface area contributed by atoms with Gasteiger partial charge < -0.3 is 15.8 Å². The number of amides is 1. The standard InChI is InChI=1S/C13H17FN2O2.ClH/c1-18-10-5-2-4-9(14)11(10)12(17)16-8-13(15)6-3-7-13;/h2,4-5H,3,6-8,15H2,1H3,(H,16,17);1H. The number of halogens is 2. The molecule has 1 aromatic rings. The van der Waals surface area contributed by atoms with Crippen LogP contribution >= 0.6 is 12.4 Å². The molecule has 1 saturated carbocycles. The molecule has 1 aromatic carbocycles. The fourth-order valence-corrected chi connectivity index (χ4v) is 2.05. The van der Waals surface area contributed by atoms with E-state index >= 15 is 0 Å². The van der Waals surface area contributed by atoms with Crippen molar-refractivity contribution in [3.63, 3.8) is 0 Å². The zero-order chi connectivity index (χ0) is 13.2. The van der Waals surface area contributed by atoms with E-state index in [0.717, 1.165) is 19.3 Å². The van der Waals surface area contributed by atoms with Gasteiger partial charge in [0, 0.05) is 12.1 Å². The predicted octanol–water partition coefficient (Wildman–Crippen LogP) is 1.87. The summed E-state index contributed by atoms with van der Waals surface area (Å²) in [4.78, 5) is 11.9. The monoisotopic (exact) mass is 288 g/mol. The molecule has 2 rings (SSSR count). The molecule has 1 fully saturated rings. The van der Waals surface area contributed by atoms with Crippen LogP contribution in [0.25, 0.3) is 0 Å². The number of hydrogen-bond donors (Lipinski definition) is 2. The average Bonchev–Trinajstić information content (AvgIpc) is 2.33. The first-order chi connectivity index (χ1) is 8.56. The van der Waals surface area contributed by atoms with Crippen molar-refractivity contribution in [2.75, 3.05) is 13.7 Å². The van der Waals surface area contributed by atoms with Gasteiger partial charge in [0.2, 0.25) is 0 Å². The van der Waals surface area contributed by atoms with Crippen molar-refractivity contribution in [2.45, 2.75) is 24.8 Å². The first-order valence-electron chi connectivity index (χ1n) is 5.95. The van der Waals surface area contributed by atoms with Crippen LogP contribution in [0.4, 0.5) is 4.39 Å². The summed E-state index contributed by atoms with van der Waals surface area (Å²) in [6, 6.07) is 4.29. The Bertz CT molecular complexity index is 464. The smallest absolute Gasteiger partial charge is 0.258 e. The van der Waals surface area contributed by atoms with Gasteiger partial charge in [0.15, 0.2) is 0 Å². The lowest BCUT2D eigenvalue weighted by Crippen LogP contribution is -2.55. The summed E-state index contributed by atoms with van der Waals surface area (Å²) < 4.78 is 18.6. The normalized spacial score (nSPS) is 15.9. The summed E-state index contributed by atoms with van der Waals surface area (Å²) in [6.07, 6.45) is 2.86. The molecule has 3 N–H and O–H groups in total. The van der Waals surface area contributed by atoms with Crippen molar-refractivity contribution >= 4 is 18.3 Å². The topological polar surface area (TPSA) is 64.3 Å². The summed E-state index contributed by atoms with van der Waals surface area (Å²) in [5.41, 5.74) is 5.61. The van der Waals surface area contributed by atoms with Gasteiger partial charge in [-0.1, -0.05) is 6.07 Å². The number of ether oxygens (including phenoxy) is 1. The molecule has 0 bridgehead atoms. The molecule has 6 heteroatoms. The molecule has 0 radical (unpaired) electrons. The molecule has 1 amide bonds. The highest BCUT2D eigenvalue weighted by Gasteiger charge is 2.33. The van der Waals surface area contributed by atoms with Gasteiger partial charge in [0.25, 0.3) is 5.91 Å². The SMILES string of the molecule is COc1cccc(F)c1C(=O)NCC1(N)CCC1.Cl. The van der Waals surface area contributed by atoms with Gasteiger partial charge in [-0.05, 0) is 31.4 Å². The number of nitrogens with one attached hydrogen (secondary N) is 1. The summed E-state index contributed by atoms with van der Waals surface area (Å²) in [7, 11) is 1.40. The van der Waals surface area contributed by atoms with Crippen LogP contribution in [0, 0.1) is 5.82 Å². The molecular weight excluding hydrogens is 271 g/mol. The van der Waals surface area contributed by atoms with Gasteiger partial charge in [-0.25, -0.2) is 4.39 Å². The molecule has 0 spiro atoms.